The van der Waals surface area contributed by atoms with Gasteiger partial charge in [0.2, 0.25) is 5.91 Å². The lowest BCUT2D eigenvalue weighted by atomic mass is 10.2. The summed E-state index contributed by atoms with van der Waals surface area (Å²) >= 11 is 1.40. The van der Waals surface area contributed by atoms with Gasteiger partial charge in [-0.15, -0.1) is 10.2 Å². The minimum absolute atomic E-state index is 0.106. The van der Waals surface area contributed by atoms with Crippen molar-refractivity contribution in [3.8, 4) is 11.5 Å². The molecule has 1 amide bonds. The second-order valence-electron chi connectivity index (χ2n) is 6.50. The van der Waals surface area contributed by atoms with E-state index in [1.807, 2.05) is 60.0 Å². The molecule has 3 aromatic rings. The van der Waals surface area contributed by atoms with Crippen LogP contribution in [0.15, 0.2) is 60.0 Å². The number of benzene rings is 2. The zero-order valence-electron chi connectivity index (χ0n) is 15.0. The molecule has 0 spiro atoms. The van der Waals surface area contributed by atoms with E-state index in [2.05, 4.69) is 15.5 Å². The highest BCUT2D eigenvalue weighted by molar-refractivity contribution is 7.99. The Hall–Kier alpha value is -2.80. The number of hydrogen-bond acceptors (Lipinski definition) is 5. The maximum Gasteiger partial charge on any atom is 0.234 e. The van der Waals surface area contributed by atoms with Crippen LogP contribution in [-0.2, 0) is 4.79 Å². The summed E-state index contributed by atoms with van der Waals surface area (Å²) in [5.74, 6) is 1.52. The first-order chi connectivity index (χ1) is 13.2. The van der Waals surface area contributed by atoms with Gasteiger partial charge in [-0.3, -0.25) is 4.79 Å². The number of carbonyl (C=O) groups excluding carboxylic acids is 1. The third-order valence-corrected chi connectivity index (χ3v) is 5.15. The Morgan fingerprint density at radius 3 is 2.93 bits per heavy atom. The molecule has 1 aromatic heterocycles. The van der Waals surface area contributed by atoms with Crippen molar-refractivity contribution in [3.63, 3.8) is 0 Å². The summed E-state index contributed by atoms with van der Waals surface area (Å²) < 4.78 is 8.00. The molecule has 0 radical (unpaired) electrons. The van der Waals surface area contributed by atoms with Gasteiger partial charge in [-0.05, 0) is 49.6 Å². The zero-order valence-corrected chi connectivity index (χ0v) is 15.8. The van der Waals surface area contributed by atoms with Gasteiger partial charge in [0, 0.05) is 6.04 Å². The number of thioether (sulfide) groups is 1. The van der Waals surface area contributed by atoms with Crippen molar-refractivity contribution >= 4 is 23.4 Å². The number of amides is 1. The molecule has 1 N–H and O–H groups in total. The van der Waals surface area contributed by atoms with Crippen LogP contribution < -0.4 is 10.1 Å². The largest absolute Gasteiger partial charge is 0.455 e. The molecule has 0 bridgehead atoms. The summed E-state index contributed by atoms with van der Waals surface area (Å²) in [4.78, 5) is 12.4. The third-order valence-electron chi connectivity index (χ3n) is 4.19. The van der Waals surface area contributed by atoms with Crippen LogP contribution >= 0.6 is 11.8 Å². The van der Waals surface area contributed by atoms with Crippen LogP contribution in [0.2, 0.25) is 0 Å². The molecule has 1 fully saturated rings. The van der Waals surface area contributed by atoms with Gasteiger partial charge in [-0.2, -0.15) is 0 Å². The Kier molecular flexibility index (Phi) is 5.11. The summed E-state index contributed by atoms with van der Waals surface area (Å²) in [7, 11) is 0. The maximum atomic E-state index is 12.4. The predicted molar refractivity (Wildman–Crippen MR) is 105 cm³/mol. The second kappa shape index (κ2) is 7.84. The standard InChI is InChI=1S/C20H20N4O2S/c1-14-5-4-6-16(11-14)26-18-8-3-2-7-17(18)22-19(25)12-27-20-23-21-13-24(20)15-9-10-15/h2-8,11,13,15H,9-10,12H2,1H3,(H,22,25). The summed E-state index contributed by atoms with van der Waals surface area (Å²) in [5.41, 5.74) is 1.76. The molecule has 0 aliphatic heterocycles. The van der Waals surface area contributed by atoms with Crippen LogP contribution in [0.3, 0.4) is 0 Å². The van der Waals surface area contributed by atoms with Crippen LogP contribution in [0, 0.1) is 6.92 Å². The van der Waals surface area contributed by atoms with E-state index >= 15 is 0 Å². The molecular weight excluding hydrogens is 360 g/mol. The summed E-state index contributed by atoms with van der Waals surface area (Å²) in [5, 5.41) is 11.8. The normalized spacial score (nSPS) is 13.4. The smallest absolute Gasteiger partial charge is 0.234 e. The quantitative estimate of drug-likeness (QED) is 0.614. The molecule has 138 valence electrons. The number of nitrogens with zero attached hydrogens (tertiary/aromatic N) is 3. The first-order valence-corrected chi connectivity index (χ1v) is 9.83. The average molecular weight is 380 g/mol. The van der Waals surface area contributed by atoms with Crippen LogP contribution in [-0.4, -0.2) is 26.4 Å². The Bertz CT molecular complexity index is 952. The van der Waals surface area contributed by atoms with Crippen molar-refractivity contribution in [1.29, 1.82) is 0 Å². The second-order valence-corrected chi connectivity index (χ2v) is 7.45. The fraction of sp³-hybridized carbons (Fsp3) is 0.250. The molecule has 27 heavy (non-hydrogen) atoms. The predicted octanol–water partition coefficient (Wildman–Crippen LogP) is 4.44. The Morgan fingerprint density at radius 1 is 1.26 bits per heavy atom. The van der Waals surface area contributed by atoms with Crippen LogP contribution in [0.1, 0.15) is 24.4 Å². The van der Waals surface area contributed by atoms with Crippen LogP contribution in [0.5, 0.6) is 11.5 Å². The molecule has 0 unspecified atom stereocenters. The Balaban J connectivity index is 1.40. The molecule has 2 aromatic carbocycles. The van der Waals surface area contributed by atoms with Gasteiger partial charge in [0.1, 0.15) is 12.1 Å². The lowest BCUT2D eigenvalue weighted by Gasteiger charge is -2.12. The number of aromatic nitrogens is 3. The molecule has 7 heteroatoms. The van der Waals surface area contributed by atoms with Gasteiger partial charge in [0.05, 0.1) is 11.4 Å². The highest BCUT2D eigenvalue weighted by atomic mass is 32.2. The fourth-order valence-electron chi connectivity index (χ4n) is 2.72. The van der Waals surface area contributed by atoms with Gasteiger partial charge in [-0.25, -0.2) is 0 Å². The van der Waals surface area contributed by atoms with E-state index in [1.54, 1.807) is 6.33 Å². The summed E-state index contributed by atoms with van der Waals surface area (Å²) in [6, 6.07) is 15.7. The topological polar surface area (TPSA) is 69.0 Å². The first kappa shape index (κ1) is 17.6. The SMILES string of the molecule is Cc1cccc(Oc2ccccc2NC(=O)CSc2nncn2C2CC2)c1. The van der Waals surface area contributed by atoms with Gasteiger partial charge in [0.25, 0.3) is 0 Å². The lowest BCUT2D eigenvalue weighted by molar-refractivity contribution is -0.113. The van der Waals surface area contributed by atoms with Crippen molar-refractivity contribution in [2.75, 3.05) is 11.1 Å². The first-order valence-electron chi connectivity index (χ1n) is 8.85. The number of carbonyl (C=O) groups is 1. The van der Waals surface area contributed by atoms with E-state index in [0.717, 1.165) is 29.3 Å². The van der Waals surface area contributed by atoms with E-state index < -0.39 is 0 Å². The zero-order chi connectivity index (χ0) is 18.6. The molecule has 1 aliphatic rings. The molecule has 1 heterocycles. The minimum atomic E-state index is -0.106. The van der Waals surface area contributed by atoms with Crippen LogP contribution in [0.4, 0.5) is 5.69 Å². The number of aryl methyl sites for hydroxylation is 1. The number of rotatable bonds is 7. The molecule has 4 rings (SSSR count). The maximum absolute atomic E-state index is 12.4. The van der Waals surface area contributed by atoms with Gasteiger partial charge >= 0.3 is 0 Å². The molecular formula is C20H20N4O2S. The van der Waals surface area contributed by atoms with Crippen molar-refractivity contribution in [3.05, 3.63) is 60.4 Å². The summed E-state index contributed by atoms with van der Waals surface area (Å²) in [6.07, 6.45) is 4.05. The molecule has 1 aliphatic carbocycles. The van der Waals surface area contributed by atoms with E-state index in [4.69, 9.17) is 4.74 Å². The number of anilines is 1. The molecule has 6 nitrogen and oxygen atoms in total. The van der Waals surface area contributed by atoms with Gasteiger partial charge in [-0.1, -0.05) is 36.0 Å². The van der Waals surface area contributed by atoms with E-state index in [9.17, 15) is 4.79 Å². The van der Waals surface area contributed by atoms with Gasteiger partial charge < -0.3 is 14.6 Å². The number of ether oxygens (including phenoxy) is 1. The van der Waals surface area contributed by atoms with Crippen molar-refractivity contribution in [2.24, 2.45) is 0 Å². The van der Waals surface area contributed by atoms with Crippen molar-refractivity contribution < 1.29 is 9.53 Å². The highest BCUT2D eigenvalue weighted by Crippen LogP contribution is 2.37. The van der Waals surface area contributed by atoms with E-state index in [1.165, 1.54) is 11.8 Å². The van der Waals surface area contributed by atoms with Crippen LogP contribution in [0.25, 0.3) is 0 Å². The summed E-state index contributed by atoms with van der Waals surface area (Å²) in [6.45, 7) is 2.01. The lowest BCUT2D eigenvalue weighted by Crippen LogP contribution is -2.15. The number of nitrogens with one attached hydrogen (secondary N) is 1. The molecule has 0 atom stereocenters. The van der Waals surface area contributed by atoms with Crippen molar-refractivity contribution in [2.45, 2.75) is 31.0 Å². The highest BCUT2D eigenvalue weighted by Gasteiger charge is 2.26. The monoisotopic (exact) mass is 380 g/mol. The molecule has 1 saturated carbocycles. The van der Waals surface area contributed by atoms with E-state index in [-0.39, 0.29) is 11.7 Å². The average Bonchev–Trinajstić information content (AvgIpc) is 3.39. The van der Waals surface area contributed by atoms with E-state index in [0.29, 0.717) is 17.5 Å². The Morgan fingerprint density at radius 2 is 2.11 bits per heavy atom. The fourth-order valence-corrected chi connectivity index (χ4v) is 3.50. The third kappa shape index (κ3) is 4.49. The minimum Gasteiger partial charge on any atom is -0.455 e. The number of para-hydroxylation sites is 2. The number of hydrogen-bond donors (Lipinski definition) is 1. The Labute approximate surface area is 162 Å². The van der Waals surface area contributed by atoms with Crippen molar-refractivity contribution in [1.82, 2.24) is 14.8 Å². The van der Waals surface area contributed by atoms with Gasteiger partial charge in [0.15, 0.2) is 10.9 Å². The molecule has 0 saturated heterocycles.